The summed E-state index contributed by atoms with van der Waals surface area (Å²) in [6.07, 6.45) is -5.94. The Hall–Kier alpha value is -4.63. The predicted octanol–water partition coefficient (Wildman–Crippen LogP) is 1.45. The summed E-state index contributed by atoms with van der Waals surface area (Å²) in [5, 5.41) is 5.00. The van der Waals surface area contributed by atoms with E-state index in [0.717, 1.165) is 26.3 Å². The van der Waals surface area contributed by atoms with Gasteiger partial charge in [-0.2, -0.15) is 9.97 Å². The minimum absolute atomic E-state index is 0.0562. The third-order valence-electron chi connectivity index (χ3n) is 5.93. The van der Waals surface area contributed by atoms with Gasteiger partial charge in [0.25, 0.3) is 5.91 Å². The van der Waals surface area contributed by atoms with Crippen molar-refractivity contribution < 1.29 is 42.9 Å². The van der Waals surface area contributed by atoms with Crippen LogP contribution in [0.15, 0.2) is 36.7 Å². The highest BCUT2D eigenvalue weighted by Gasteiger charge is 2.56. The monoisotopic (exact) mass is 602 g/mol. The number of amides is 2. The molecule has 222 valence electrons. The van der Waals surface area contributed by atoms with E-state index in [2.05, 4.69) is 25.6 Å². The number of imidazole rings is 1. The van der Waals surface area contributed by atoms with Crippen LogP contribution in [-0.4, -0.2) is 73.7 Å². The first kappa shape index (κ1) is 30.3. The van der Waals surface area contributed by atoms with Crippen LogP contribution >= 0.6 is 11.6 Å². The highest BCUT2D eigenvalue weighted by Crippen LogP contribution is 2.38. The average molecular weight is 603 g/mol. The lowest BCUT2D eigenvalue weighted by Crippen LogP contribution is -2.51. The molecule has 1 fully saturated rings. The van der Waals surface area contributed by atoms with Crippen molar-refractivity contribution in [3.8, 4) is 0 Å². The van der Waals surface area contributed by atoms with Crippen LogP contribution in [0.5, 0.6) is 0 Å². The molecule has 1 aliphatic rings. The van der Waals surface area contributed by atoms with Gasteiger partial charge < -0.3 is 24.3 Å². The maximum Gasteiger partial charge on any atom is 0.303 e. The molecule has 4 rings (SSSR count). The van der Waals surface area contributed by atoms with Crippen LogP contribution in [-0.2, 0) is 49.5 Å². The van der Waals surface area contributed by atoms with E-state index < -0.39 is 60.4 Å². The topological polar surface area (TPSA) is 190 Å². The number of anilines is 1. The Morgan fingerprint density at radius 3 is 2.26 bits per heavy atom. The number of carbonyl (C=O) groups excluding carboxylic acids is 5. The minimum Gasteiger partial charge on any atom is -0.455 e. The molecular weight excluding hydrogens is 576 g/mol. The molecule has 5 atom stereocenters. The molecule has 1 aliphatic heterocycles. The Labute approximate surface area is 243 Å². The SMILES string of the molecule is CC(=O)Nc1nc(Cl)c2ncn(C3O[C@H]([C@H](OC(C)=O)C(=O)NCc4ccccc4)[C@H](OC(C)=O)[C@H]3OC(C)=O)c2n1. The molecule has 2 amide bonds. The van der Waals surface area contributed by atoms with E-state index in [1.165, 1.54) is 17.8 Å². The van der Waals surface area contributed by atoms with Crippen LogP contribution in [0.2, 0.25) is 5.15 Å². The average Bonchev–Trinajstić information content (AvgIpc) is 3.47. The molecule has 15 nitrogen and oxygen atoms in total. The molecule has 0 spiro atoms. The van der Waals surface area contributed by atoms with Gasteiger partial charge in [-0.25, -0.2) is 4.98 Å². The molecule has 0 saturated carbocycles. The minimum atomic E-state index is -1.64. The lowest BCUT2D eigenvalue weighted by Gasteiger charge is -2.27. The van der Waals surface area contributed by atoms with Gasteiger partial charge in [-0.3, -0.25) is 33.9 Å². The first-order valence-corrected chi connectivity index (χ1v) is 13.0. The van der Waals surface area contributed by atoms with Crippen LogP contribution in [0.4, 0.5) is 5.95 Å². The summed E-state index contributed by atoms with van der Waals surface area (Å²) in [7, 11) is 0. The van der Waals surface area contributed by atoms with Gasteiger partial charge in [0, 0.05) is 34.2 Å². The molecule has 1 saturated heterocycles. The van der Waals surface area contributed by atoms with E-state index in [1.807, 2.05) is 6.07 Å². The number of nitrogens with zero attached hydrogens (tertiary/aromatic N) is 4. The number of hydrogen-bond donors (Lipinski definition) is 2. The Morgan fingerprint density at radius 2 is 1.64 bits per heavy atom. The Kier molecular flexibility index (Phi) is 9.32. The molecule has 16 heteroatoms. The third-order valence-corrected chi connectivity index (χ3v) is 6.19. The quantitative estimate of drug-likeness (QED) is 0.204. The Bertz CT molecular complexity index is 1510. The maximum absolute atomic E-state index is 13.4. The molecule has 1 aromatic carbocycles. The summed E-state index contributed by atoms with van der Waals surface area (Å²) in [5.41, 5.74) is 0.935. The van der Waals surface area contributed by atoms with Gasteiger partial charge in [0.1, 0.15) is 11.6 Å². The summed E-state index contributed by atoms with van der Waals surface area (Å²) in [5.74, 6) is -3.74. The lowest BCUT2D eigenvalue weighted by atomic mass is 10.0. The number of esters is 3. The van der Waals surface area contributed by atoms with E-state index in [4.69, 9.17) is 30.5 Å². The molecule has 3 heterocycles. The Balaban J connectivity index is 1.76. The van der Waals surface area contributed by atoms with Crippen molar-refractivity contribution in [3.63, 3.8) is 0 Å². The molecule has 0 bridgehead atoms. The van der Waals surface area contributed by atoms with Gasteiger partial charge in [0.15, 0.2) is 29.2 Å². The summed E-state index contributed by atoms with van der Waals surface area (Å²) >= 11 is 6.26. The highest BCUT2D eigenvalue weighted by atomic mass is 35.5. The smallest absolute Gasteiger partial charge is 0.303 e. The summed E-state index contributed by atoms with van der Waals surface area (Å²) in [6.45, 7) is 4.69. The largest absolute Gasteiger partial charge is 0.455 e. The van der Waals surface area contributed by atoms with Crippen molar-refractivity contribution in [3.05, 3.63) is 47.4 Å². The fourth-order valence-electron chi connectivity index (χ4n) is 4.39. The maximum atomic E-state index is 13.4. The summed E-state index contributed by atoms with van der Waals surface area (Å²) in [6, 6.07) is 8.97. The van der Waals surface area contributed by atoms with Crippen LogP contribution in [0.3, 0.4) is 0 Å². The molecule has 42 heavy (non-hydrogen) atoms. The second kappa shape index (κ2) is 12.9. The van der Waals surface area contributed by atoms with Crippen molar-refractivity contribution >= 4 is 58.4 Å². The van der Waals surface area contributed by atoms with Crippen LogP contribution in [0, 0.1) is 0 Å². The van der Waals surface area contributed by atoms with Crippen molar-refractivity contribution in [2.24, 2.45) is 0 Å². The molecule has 2 aromatic heterocycles. The van der Waals surface area contributed by atoms with E-state index in [0.29, 0.717) is 0 Å². The van der Waals surface area contributed by atoms with Crippen molar-refractivity contribution in [1.82, 2.24) is 24.8 Å². The zero-order valence-corrected chi connectivity index (χ0v) is 23.7. The molecule has 1 unspecified atom stereocenters. The summed E-state index contributed by atoms with van der Waals surface area (Å²) in [4.78, 5) is 73.9. The third kappa shape index (κ3) is 6.98. The predicted molar refractivity (Wildman–Crippen MR) is 143 cm³/mol. The number of rotatable bonds is 9. The van der Waals surface area contributed by atoms with Gasteiger partial charge in [0.05, 0.1) is 6.33 Å². The van der Waals surface area contributed by atoms with Crippen molar-refractivity contribution in [2.45, 2.75) is 64.9 Å². The molecule has 3 aromatic rings. The zero-order valence-electron chi connectivity index (χ0n) is 22.9. The van der Waals surface area contributed by atoms with Crippen molar-refractivity contribution in [1.29, 1.82) is 0 Å². The number of nitrogens with one attached hydrogen (secondary N) is 2. The van der Waals surface area contributed by atoms with E-state index >= 15 is 0 Å². The second-order valence-corrected chi connectivity index (χ2v) is 9.57. The van der Waals surface area contributed by atoms with Gasteiger partial charge in [-0.1, -0.05) is 41.9 Å². The number of benzene rings is 1. The van der Waals surface area contributed by atoms with E-state index in [1.54, 1.807) is 24.3 Å². The Morgan fingerprint density at radius 1 is 0.976 bits per heavy atom. The highest BCUT2D eigenvalue weighted by molar-refractivity contribution is 6.33. The van der Waals surface area contributed by atoms with E-state index in [9.17, 15) is 24.0 Å². The number of hydrogen-bond acceptors (Lipinski definition) is 12. The summed E-state index contributed by atoms with van der Waals surface area (Å²) < 4.78 is 23.9. The number of fused-ring (bicyclic) bond motifs is 1. The molecule has 0 radical (unpaired) electrons. The van der Waals surface area contributed by atoms with Gasteiger partial charge in [-0.15, -0.1) is 0 Å². The first-order valence-electron chi connectivity index (χ1n) is 12.6. The number of ether oxygens (including phenoxy) is 4. The lowest BCUT2D eigenvalue weighted by molar-refractivity contribution is -0.174. The number of carbonyl (C=O) groups is 5. The van der Waals surface area contributed by atoms with Gasteiger partial charge >= 0.3 is 17.9 Å². The van der Waals surface area contributed by atoms with Crippen molar-refractivity contribution in [2.75, 3.05) is 5.32 Å². The normalized spacial score (nSPS) is 20.4. The zero-order chi connectivity index (χ0) is 30.6. The van der Waals surface area contributed by atoms with Gasteiger partial charge in [-0.05, 0) is 5.56 Å². The van der Waals surface area contributed by atoms with E-state index in [-0.39, 0.29) is 28.8 Å². The van der Waals surface area contributed by atoms with Crippen LogP contribution in [0.25, 0.3) is 11.2 Å². The number of aromatic nitrogens is 4. The molecule has 0 aliphatic carbocycles. The van der Waals surface area contributed by atoms with Crippen LogP contribution in [0.1, 0.15) is 39.5 Å². The number of halogens is 1. The molecular formula is C26H27ClN6O9. The van der Waals surface area contributed by atoms with Crippen LogP contribution < -0.4 is 10.6 Å². The fraction of sp³-hybridized carbons (Fsp3) is 0.385. The van der Waals surface area contributed by atoms with Gasteiger partial charge in [0.2, 0.25) is 18.0 Å². The fourth-order valence-corrected chi connectivity index (χ4v) is 4.60. The standard InChI is InChI=1S/C26H27ClN6O9/c1-12(34)30-26-31-22(27)17-23(32-26)33(11-29-17)25-21(41-15(4)37)19(39-13(2)35)18(42-25)20(40-14(3)36)24(38)28-10-16-8-6-5-7-9-16/h5-9,11,18-21,25H,10H2,1-4H3,(H,28,38)(H,30,31,32,34)/t18-,19-,20-,21+,25?/m0/s1. The molecule has 2 N–H and O–H groups in total. The first-order chi connectivity index (χ1) is 19.9. The second-order valence-electron chi connectivity index (χ2n) is 9.22.